The number of nitrogens with two attached hydrogens (primary N) is 1. The van der Waals surface area contributed by atoms with Crippen LogP contribution in [0.25, 0.3) is 0 Å². The van der Waals surface area contributed by atoms with Gasteiger partial charge in [0.1, 0.15) is 25.4 Å². The average molecular weight is 399 g/mol. The molecule has 0 saturated carbocycles. The highest BCUT2D eigenvalue weighted by Crippen LogP contribution is 2.18. The molecule has 0 saturated heterocycles. The van der Waals surface area contributed by atoms with Gasteiger partial charge in [0.2, 0.25) is 0 Å². The van der Waals surface area contributed by atoms with E-state index in [1.807, 2.05) is 0 Å². The Balaban J connectivity index is 1.91. The van der Waals surface area contributed by atoms with Crippen LogP contribution in [0.4, 0.5) is 0 Å². The first-order chi connectivity index (χ1) is 13.8. The van der Waals surface area contributed by atoms with Gasteiger partial charge in [-0.3, -0.25) is 9.59 Å². The van der Waals surface area contributed by atoms with Gasteiger partial charge < -0.3 is 34.2 Å². The molecule has 0 unspecified atom stereocenters. The molecule has 0 fully saturated rings. The minimum atomic E-state index is 0.108. The Kier molecular flexibility index (Phi) is 14.9. The lowest BCUT2D eigenvalue weighted by Crippen LogP contribution is -2.15. The van der Waals surface area contributed by atoms with Crippen LogP contribution in [0.1, 0.15) is 20.7 Å². The maximum Gasteiger partial charge on any atom is 0.153 e. The zero-order chi connectivity index (χ0) is 20.3. The first-order valence-electron chi connectivity index (χ1n) is 9.07. The van der Waals surface area contributed by atoms with E-state index in [0.29, 0.717) is 82.2 Å². The third kappa shape index (κ3) is 11.8. The highest BCUT2D eigenvalue weighted by molar-refractivity contribution is 5.83. The molecule has 9 heteroatoms. The summed E-state index contributed by atoms with van der Waals surface area (Å²) >= 11 is 0. The van der Waals surface area contributed by atoms with Gasteiger partial charge in [-0.1, -0.05) is 6.07 Å². The predicted molar refractivity (Wildman–Crippen MR) is 101 cm³/mol. The Hall–Kier alpha value is -1.88. The SMILES string of the molecule is NCCOCCOCCOCCOCOCCOc1cc(C=O)ccc1C=O. The molecule has 1 aromatic rings. The lowest BCUT2D eigenvalue weighted by atomic mass is 10.1. The summed E-state index contributed by atoms with van der Waals surface area (Å²) in [6.07, 6.45) is 1.37. The van der Waals surface area contributed by atoms with E-state index in [2.05, 4.69) is 0 Å². The van der Waals surface area contributed by atoms with Crippen LogP contribution < -0.4 is 10.5 Å². The quantitative estimate of drug-likeness (QED) is 0.204. The van der Waals surface area contributed by atoms with E-state index < -0.39 is 0 Å². The fraction of sp³-hybridized carbons (Fsp3) is 0.579. The highest BCUT2D eigenvalue weighted by Gasteiger charge is 2.04. The number of carbonyl (C=O) groups excluding carboxylic acids is 2. The van der Waals surface area contributed by atoms with Crippen molar-refractivity contribution in [3.8, 4) is 5.75 Å². The van der Waals surface area contributed by atoms with E-state index in [4.69, 9.17) is 34.2 Å². The van der Waals surface area contributed by atoms with Crippen molar-refractivity contribution in [3.63, 3.8) is 0 Å². The first-order valence-corrected chi connectivity index (χ1v) is 9.07. The van der Waals surface area contributed by atoms with Gasteiger partial charge >= 0.3 is 0 Å². The minimum Gasteiger partial charge on any atom is -0.490 e. The molecule has 0 bridgehead atoms. The summed E-state index contributed by atoms with van der Waals surface area (Å²) in [5, 5.41) is 0. The van der Waals surface area contributed by atoms with E-state index in [-0.39, 0.29) is 20.0 Å². The Bertz CT molecular complexity index is 541. The van der Waals surface area contributed by atoms with Crippen LogP contribution >= 0.6 is 0 Å². The van der Waals surface area contributed by atoms with Crippen LogP contribution in [-0.4, -0.2) is 85.4 Å². The number of rotatable bonds is 19. The van der Waals surface area contributed by atoms with Crippen LogP contribution in [-0.2, 0) is 23.7 Å². The summed E-state index contributed by atoms with van der Waals surface area (Å²) in [5.74, 6) is 0.352. The molecule has 0 atom stereocenters. The van der Waals surface area contributed by atoms with Crippen molar-refractivity contribution in [2.75, 3.05) is 72.8 Å². The minimum absolute atomic E-state index is 0.108. The van der Waals surface area contributed by atoms with Crippen LogP contribution in [0.5, 0.6) is 5.75 Å². The van der Waals surface area contributed by atoms with Gasteiger partial charge in [0.25, 0.3) is 0 Å². The van der Waals surface area contributed by atoms with Gasteiger partial charge in [0.05, 0.1) is 58.4 Å². The predicted octanol–water partition coefficient (Wildman–Crippen LogP) is 0.690. The van der Waals surface area contributed by atoms with Gasteiger partial charge in [-0.05, 0) is 12.1 Å². The molecule has 0 aliphatic rings. The van der Waals surface area contributed by atoms with Crippen molar-refractivity contribution < 1.29 is 38.0 Å². The number of carbonyl (C=O) groups is 2. The molecule has 0 aliphatic heterocycles. The van der Waals surface area contributed by atoms with E-state index in [0.717, 1.165) is 0 Å². The highest BCUT2D eigenvalue weighted by atomic mass is 16.7. The first kappa shape index (κ1) is 24.2. The number of benzene rings is 1. The third-order valence-corrected chi connectivity index (χ3v) is 3.33. The Morgan fingerprint density at radius 1 is 0.714 bits per heavy atom. The van der Waals surface area contributed by atoms with E-state index in [1.54, 1.807) is 6.07 Å². The van der Waals surface area contributed by atoms with Gasteiger partial charge in [0, 0.05) is 12.1 Å². The van der Waals surface area contributed by atoms with E-state index in [9.17, 15) is 9.59 Å². The lowest BCUT2D eigenvalue weighted by molar-refractivity contribution is -0.0776. The fourth-order valence-electron chi connectivity index (χ4n) is 1.98. The molecule has 0 aliphatic carbocycles. The van der Waals surface area contributed by atoms with Crippen LogP contribution in [0.15, 0.2) is 18.2 Å². The number of aldehydes is 2. The maximum absolute atomic E-state index is 10.9. The molecule has 0 aromatic heterocycles. The van der Waals surface area contributed by atoms with Crippen molar-refractivity contribution in [2.45, 2.75) is 0 Å². The Morgan fingerprint density at radius 2 is 1.29 bits per heavy atom. The summed E-state index contributed by atoms with van der Waals surface area (Å²) in [6, 6.07) is 4.61. The molecule has 158 valence electrons. The molecule has 2 N–H and O–H groups in total. The van der Waals surface area contributed by atoms with Gasteiger partial charge in [-0.2, -0.15) is 0 Å². The molecular weight excluding hydrogens is 370 g/mol. The van der Waals surface area contributed by atoms with Crippen molar-refractivity contribution in [2.24, 2.45) is 5.73 Å². The Morgan fingerprint density at radius 3 is 1.86 bits per heavy atom. The zero-order valence-corrected chi connectivity index (χ0v) is 16.0. The third-order valence-electron chi connectivity index (χ3n) is 3.33. The Labute approximate surface area is 165 Å². The second-order valence-corrected chi connectivity index (χ2v) is 5.44. The zero-order valence-electron chi connectivity index (χ0n) is 16.0. The number of hydrogen-bond donors (Lipinski definition) is 1. The van der Waals surface area contributed by atoms with Gasteiger partial charge in [-0.15, -0.1) is 0 Å². The maximum atomic E-state index is 10.9. The summed E-state index contributed by atoms with van der Waals surface area (Å²) in [7, 11) is 0. The lowest BCUT2D eigenvalue weighted by Gasteiger charge is -2.10. The molecule has 1 aromatic carbocycles. The summed E-state index contributed by atoms with van der Waals surface area (Å²) < 4.78 is 31.8. The summed E-state index contributed by atoms with van der Waals surface area (Å²) in [6.45, 7) is 4.53. The molecule has 9 nitrogen and oxygen atoms in total. The van der Waals surface area contributed by atoms with Crippen molar-refractivity contribution in [3.05, 3.63) is 29.3 Å². The molecular formula is C19H29NO8. The number of hydrogen-bond acceptors (Lipinski definition) is 9. The fourth-order valence-corrected chi connectivity index (χ4v) is 1.98. The topological polar surface area (TPSA) is 116 Å². The monoisotopic (exact) mass is 399 g/mol. The van der Waals surface area contributed by atoms with E-state index in [1.165, 1.54) is 12.1 Å². The molecule has 0 spiro atoms. The largest absolute Gasteiger partial charge is 0.490 e. The smallest absolute Gasteiger partial charge is 0.153 e. The van der Waals surface area contributed by atoms with Crippen LogP contribution in [0.2, 0.25) is 0 Å². The van der Waals surface area contributed by atoms with Crippen molar-refractivity contribution >= 4 is 12.6 Å². The second kappa shape index (κ2) is 17.2. The molecule has 0 radical (unpaired) electrons. The van der Waals surface area contributed by atoms with Gasteiger partial charge in [0.15, 0.2) is 6.29 Å². The molecule has 0 amide bonds. The van der Waals surface area contributed by atoms with Crippen molar-refractivity contribution in [1.82, 2.24) is 0 Å². The molecule has 1 rings (SSSR count). The average Bonchev–Trinajstić information content (AvgIpc) is 2.73. The standard InChI is InChI=1S/C19H29NO8/c20-3-4-23-5-6-24-7-8-25-9-10-26-16-27-11-12-28-19-13-17(14-21)1-2-18(19)15-22/h1-2,13-15H,3-12,16,20H2. The number of ether oxygens (including phenoxy) is 6. The summed E-state index contributed by atoms with van der Waals surface area (Å²) in [4.78, 5) is 21.7. The van der Waals surface area contributed by atoms with E-state index >= 15 is 0 Å². The summed E-state index contributed by atoms with van der Waals surface area (Å²) in [5.41, 5.74) is 6.11. The second-order valence-electron chi connectivity index (χ2n) is 5.44. The van der Waals surface area contributed by atoms with Crippen molar-refractivity contribution in [1.29, 1.82) is 0 Å². The molecule has 28 heavy (non-hydrogen) atoms. The normalized spacial score (nSPS) is 10.8. The van der Waals surface area contributed by atoms with Crippen LogP contribution in [0.3, 0.4) is 0 Å². The van der Waals surface area contributed by atoms with Crippen LogP contribution in [0, 0.1) is 0 Å². The molecule has 0 heterocycles. The van der Waals surface area contributed by atoms with Gasteiger partial charge in [-0.25, -0.2) is 0 Å².